The maximum absolute atomic E-state index is 11.3. The molecule has 20 heavy (non-hydrogen) atoms. The van der Waals surface area contributed by atoms with Crippen LogP contribution in [0.1, 0.15) is 40.2 Å². The van der Waals surface area contributed by atoms with E-state index >= 15 is 0 Å². The van der Waals surface area contributed by atoms with Crippen molar-refractivity contribution >= 4 is 15.8 Å². The zero-order valence-electron chi connectivity index (χ0n) is 13.1. The second-order valence-electron chi connectivity index (χ2n) is 6.79. The van der Waals surface area contributed by atoms with Crippen LogP contribution in [0.4, 0.5) is 5.82 Å². The number of nitrogens with zero attached hydrogens (tertiary/aromatic N) is 1. The van der Waals surface area contributed by atoms with Gasteiger partial charge in [0.2, 0.25) is 10.0 Å². The van der Waals surface area contributed by atoms with Crippen LogP contribution in [-0.2, 0) is 15.4 Å². The van der Waals surface area contributed by atoms with Gasteiger partial charge in [-0.1, -0.05) is 26.8 Å². The molecular formula is C14H25N3O2S. The van der Waals surface area contributed by atoms with Crippen LogP contribution in [0.2, 0.25) is 0 Å². The monoisotopic (exact) mass is 299 g/mol. The number of sulfonamides is 1. The molecule has 0 bridgehead atoms. The van der Waals surface area contributed by atoms with Crippen molar-refractivity contribution in [3.8, 4) is 0 Å². The van der Waals surface area contributed by atoms with E-state index in [-0.39, 0.29) is 5.41 Å². The Morgan fingerprint density at radius 1 is 1.15 bits per heavy atom. The van der Waals surface area contributed by atoms with Gasteiger partial charge in [0.1, 0.15) is 5.82 Å². The van der Waals surface area contributed by atoms with Gasteiger partial charge in [0.25, 0.3) is 0 Å². The number of hydrogen-bond acceptors (Lipinski definition) is 4. The molecule has 0 amide bonds. The average Bonchev–Trinajstić information content (AvgIpc) is 2.22. The van der Waals surface area contributed by atoms with Crippen LogP contribution in [0.3, 0.4) is 0 Å². The fourth-order valence-corrected chi connectivity index (χ4v) is 2.87. The van der Waals surface area contributed by atoms with Gasteiger partial charge in [0.05, 0.1) is 6.26 Å². The molecule has 1 aromatic heterocycles. The predicted octanol–water partition coefficient (Wildman–Crippen LogP) is 2.12. The molecule has 0 fully saturated rings. The standard InChI is InChI=1S/C14H25N3O2S/c1-13(2,3)11-7-8-12(15-9-11)16-10-14(4,5)17-20(6,18)19/h7-9,17H,10H2,1-6H3,(H,15,16). The highest BCUT2D eigenvalue weighted by Crippen LogP contribution is 2.22. The number of aromatic nitrogens is 1. The summed E-state index contributed by atoms with van der Waals surface area (Å²) in [5.74, 6) is 0.737. The molecular weight excluding hydrogens is 274 g/mol. The largest absolute Gasteiger partial charge is 0.368 e. The minimum Gasteiger partial charge on any atom is -0.368 e. The fraction of sp³-hybridized carbons (Fsp3) is 0.643. The number of rotatable bonds is 5. The highest BCUT2D eigenvalue weighted by Gasteiger charge is 2.22. The van der Waals surface area contributed by atoms with Gasteiger partial charge in [0.15, 0.2) is 0 Å². The van der Waals surface area contributed by atoms with Crippen LogP contribution < -0.4 is 10.0 Å². The Balaban J connectivity index is 2.67. The summed E-state index contributed by atoms with van der Waals surface area (Å²) in [4.78, 5) is 4.36. The van der Waals surface area contributed by atoms with Crippen LogP contribution in [0.5, 0.6) is 0 Å². The Kier molecular flexibility index (Phi) is 4.82. The van der Waals surface area contributed by atoms with Gasteiger partial charge in [-0.25, -0.2) is 18.1 Å². The summed E-state index contributed by atoms with van der Waals surface area (Å²) in [7, 11) is -3.22. The van der Waals surface area contributed by atoms with Crippen molar-refractivity contribution in [2.75, 3.05) is 18.1 Å². The van der Waals surface area contributed by atoms with Gasteiger partial charge in [0, 0.05) is 18.3 Å². The third kappa shape index (κ3) is 5.88. The van der Waals surface area contributed by atoms with E-state index in [1.165, 1.54) is 0 Å². The van der Waals surface area contributed by atoms with E-state index in [0.29, 0.717) is 6.54 Å². The molecule has 5 nitrogen and oxygen atoms in total. The number of nitrogens with one attached hydrogen (secondary N) is 2. The van der Waals surface area contributed by atoms with E-state index in [2.05, 4.69) is 35.8 Å². The first-order chi connectivity index (χ1) is 8.89. The topological polar surface area (TPSA) is 71.1 Å². The summed E-state index contributed by atoms with van der Waals surface area (Å²) in [6.07, 6.45) is 3.00. The molecule has 0 unspecified atom stereocenters. The lowest BCUT2D eigenvalue weighted by Crippen LogP contribution is -2.47. The SMILES string of the molecule is CC(C)(CNc1ccc(C(C)(C)C)cn1)NS(C)(=O)=O. The molecule has 1 heterocycles. The normalized spacial score (nSPS) is 13.3. The Morgan fingerprint density at radius 3 is 2.15 bits per heavy atom. The minimum atomic E-state index is -3.22. The van der Waals surface area contributed by atoms with Gasteiger partial charge in [-0.15, -0.1) is 0 Å². The van der Waals surface area contributed by atoms with Crippen molar-refractivity contribution in [2.45, 2.75) is 45.6 Å². The molecule has 0 aliphatic carbocycles. The summed E-state index contributed by atoms with van der Waals surface area (Å²) in [6.45, 7) is 10.5. The summed E-state index contributed by atoms with van der Waals surface area (Å²) in [6, 6.07) is 3.95. The highest BCUT2D eigenvalue weighted by atomic mass is 32.2. The number of pyridine rings is 1. The minimum absolute atomic E-state index is 0.0721. The molecule has 0 aromatic carbocycles. The van der Waals surface area contributed by atoms with E-state index in [4.69, 9.17) is 0 Å². The number of hydrogen-bond donors (Lipinski definition) is 2. The van der Waals surface area contributed by atoms with E-state index in [0.717, 1.165) is 17.6 Å². The van der Waals surface area contributed by atoms with Crippen molar-refractivity contribution < 1.29 is 8.42 Å². The molecule has 0 saturated carbocycles. The van der Waals surface area contributed by atoms with Gasteiger partial charge in [-0.05, 0) is 30.9 Å². The number of anilines is 1. The Morgan fingerprint density at radius 2 is 1.75 bits per heavy atom. The smallest absolute Gasteiger partial charge is 0.209 e. The van der Waals surface area contributed by atoms with Crippen molar-refractivity contribution in [1.82, 2.24) is 9.71 Å². The van der Waals surface area contributed by atoms with Crippen molar-refractivity contribution in [3.05, 3.63) is 23.9 Å². The van der Waals surface area contributed by atoms with Crippen LogP contribution in [0, 0.1) is 0 Å². The predicted molar refractivity (Wildman–Crippen MR) is 83.5 cm³/mol. The second-order valence-corrected chi connectivity index (χ2v) is 8.54. The van der Waals surface area contributed by atoms with Gasteiger partial charge >= 0.3 is 0 Å². The fourth-order valence-electron chi connectivity index (χ4n) is 1.79. The lowest BCUT2D eigenvalue weighted by atomic mass is 9.88. The molecule has 6 heteroatoms. The second kappa shape index (κ2) is 5.69. The maximum Gasteiger partial charge on any atom is 0.209 e. The maximum atomic E-state index is 11.3. The molecule has 2 N–H and O–H groups in total. The first-order valence-electron chi connectivity index (χ1n) is 6.58. The zero-order valence-corrected chi connectivity index (χ0v) is 13.9. The highest BCUT2D eigenvalue weighted by molar-refractivity contribution is 7.88. The molecule has 0 aliphatic heterocycles. The quantitative estimate of drug-likeness (QED) is 0.873. The zero-order chi connectivity index (χ0) is 15.6. The Labute approximate surface area is 122 Å². The molecule has 114 valence electrons. The van der Waals surface area contributed by atoms with Crippen molar-refractivity contribution in [1.29, 1.82) is 0 Å². The first kappa shape index (κ1) is 16.9. The summed E-state index contributed by atoms with van der Waals surface area (Å²) in [5, 5.41) is 3.15. The molecule has 0 atom stereocenters. The molecule has 0 spiro atoms. The molecule has 1 rings (SSSR count). The Bertz CT molecular complexity index is 543. The van der Waals surface area contributed by atoms with Gasteiger partial charge < -0.3 is 5.32 Å². The van der Waals surface area contributed by atoms with Crippen LogP contribution in [0.15, 0.2) is 18.3 Å². The summed E-state index contributed by atoms with van der Waals surface area (Å²) < 4.78 is 25.1. The third-order valence-electron chi connectivity index (χ3n) is 2.80. The molecule has 1 aromatic rings. The average molecular weight is 299 g/mol. The van der Waals surface area contributed by atoms with Crippen LogP contribution in [-0.4, -0.2) is 31.7 Å². The van der Waals surface area contributed by atoms with Gasteiger partial charge in [-0.2, -0.15) is 0 Å². The van der Waals surface area contributed by atoms with E-state index in [1.54, 1.807) is 0 Å². The first-order valence-corrected chi connectivity index (χ1v) is 8.48. The van der Waals surface area contributed by atoms with Gasteiger partial charge in [-0.3, -0.25) is 0 Å². The molecule has 0 aliphatic rings. The van der Waals surface area contributed by atoms with E-state index in [1.807, 2.05) is 32.2 Å². The van der Waals surface area contributed by atoms with Crippen molar-refractivity contribution in [3.63, 3.8) is 0 Å². The lowest BCUT2D eigenvalue weighted by molar-refractivity contribution is 0.476. The third-order valence-corrected chi connectivity index (χ3v) is 3.73. The lowest BCUT2D eigenvalue weighted by Gasteiger charge is -2.25. The van der Waals surface area contributed by atoms with E-state index < -0.39 is 15.6 Å². The Hall–Kier alpha value is -1.14. The van der Waals surface area contributed by atoms with Crippen LogP contribution >= 0.6 is 0 Å². The summed E-state index contributed by atoms with van der Waals surface area (Å²) in [5.41, 5.74) is 0.664. The molecule has 0 radical (unpaired) electrons. The van der Waals surface area contributed by atoms with Crippen LogP contribution in [0.25, 0.3) is 0 Å². The summed E-state index contributed by atoms with van der Waals surface area (Å²) >= 11 is 0. The van der Waals surface area contributed by atoms with Crippen molar-refractivity contribution in [2.24, 2.45) is 0 Å². The molecule has 0 saturated heterocycles. The van der Waals surface area contributed by atoms with E-state index in [9.17, 15) is 8.42 Å².